The SMILES string of the molecule is CCC(C)n1ccc(CC(CCl)c2ccc(C)cc2)n1. The zero-order valence-electron chi connectivity index (χ0n) is 12.5. The zero-order chi connectivity index (χ0) is 14.5. The zero-order valence-corrected chi connectivity index (χ0v) is 13.3. The summed E-state index contributed by atoms with van der Waals surface area (Å²) in [6, 6.07) is 11.2. The summed E-state index contributed by atoms with van der Waals surface area (Å²) in [4.78, 5) is 0. The molecule has 2 atom stereocenters. The van der Waals surface area contributed by atoms with Gasteiger partial charge in [-0.2, -0.15) is 5.10 Å². The average Bonchev–Trinajstić information content (AvgIpc) is 2.93. The molecule has 0 amide bonds. The molecule has 2 aromatic rings. The van der Waals surface area contributed by atoms with Crippen LogP contribution >= 0.6 is 11.6 Å². The lowest BCUT2D eigenvalue weighted by atomic mass is 9.95. The third-order valence-electron chi connectivity index (χ3n) is 3.90. The van der Waals surface area contributed by atoms with Crippen LogP contribution in [0, 0.1) is 6.92 Å². The molecule has 0 N–H and O–H groups in total. The molecule has 0 aliphatic carbocycles. The number of alkyl halides is 1. The summed E-state index contributed by atoms with van der Waals surface area (Å²) in [5.41, 5.74) is 3.70. The number of benzene rings is 1. The molecule has 0 saturated heterocycles. The minimum Gasteiger partial charge on any atom is -0.270 e. The van der Waals surface area contributed by atoms with E-state index in [0.717, 1.165) is 18.5 Å². The average molecular weight is 291 g/mol. The fourth-order valence-corrected chi connectivity index (χ4v) is 2.56. The third-order valence-corrected chi connectivity index (χ3v) is 4.27. The van der Waals surface area contributed by atoms with Crippen LogP contribution in [0.15, 0.2) is 36.5 Å². The van der Waals surface area contributed by atoms with Gasteiger partial charge in [-0.25, -0.2) is 0 Å². The van der Waals surface area contributed by atoms with Crippen LogP contribution in [0.1, 0.15) is 49.0 Å². The Bertz CT molecular complexity index is 530. The number of hydrogen-bond donors (Lipinski definition) is 0. The van der Waals surface area contributed by atoms with E-state index in [-0.39, 0.29) is 0 Å². The van der Waals surface area contributed by atoms with E-state index >= 15 is 0 Å². The molecular formula is C17H23ClN2. The van der Waals surface area contributed by atoms with E-state index in [1.54, 1.807) is 0 Å². The molecule has 0 radical (unpaired) electrons. The quantitative estimate of drug-likeness (QED) is 0.703. The van der Waals surface area contributed by atoms with E-state index in [4.69, 9.17) is 11.6 Å². The van der Waals surface area contributed by atoms with Crippen LogP contribution in [-0.4, -0.2) is 15.7 Å². The highest BCUT2D eigenvalue weighted by atomic mass is 35.5. The predicted molar refractivity (Wildman–Crippen MR) is 85.6 cm³/mol. The Kier molecular flexibility index (Phi) is 5.24. The van der Waals surface area contributed by atoms with E-state index in [1.165, 1.54) is 11.1 Å². The maximum atomic E-state index is 6.15. The molecule has 2 nitrogen and oxygen atoms in total. The first kappa shape index (κ1) is 15.1. The maximum Gasteiger partial charge on any atom is 0.0631 e. The van der Waals surface area contributed by atoms with Crippen LogP contribution in [0.25, 0.3) is 0 Å². The molecule has 0 saturated carbocycles. The van der Waals surface area contributed by atoms with Crippen molar-refractivity contribution in [3.63, 3.8) is 0 Å². The summed E-state index contributed by atoms with van der Waals surface area (Å²) in [5.74, 6) is 0.955. The fourth-order valence-electron chi connectivity index (χ4n) is 2.27. The van der Waals surface area contributed by atoms with E-state index in [2.05, 4.69) is 67.1 Å². The maximum absolute atomic E-state index is 6.15. The summed E-state index contributed by atoms with van der Waals surface area (Å²) < 4.78 is 2.05. The van der Waals surface area contributed by atoms with Crippen molar-refractivity contribution in [3.05, 3.63) is 53.3 Å². The van der Waals surface area contributed by atoms with E-state index < -0.39 is 0 Å². The summed E-state index contributed by atoms with van der Waals surface area (Å²) >= 11 is 6.15. The second-order valence-corrected chi connectivity index (χ2v) is 5.82. The molecule has 3 heteroatoms. The van der Waals surface area contributed by atoms with Crippen molar-refractivity contribution < 1.29 is 0 Å². The van der Waals surface area contributed by atoms with Crippen LogP contribution < -0.4 is 0 Å². The monoisotopic (exact) mass is 290 g/mol. The van der Waals surface area contributed by atoms with E-state index in [1.807, 2.05) is 0 Å². The lowest BCUT2D eigenvalue weighted by molar-refractivity contribution is 0.472. The highest BCUT2D eigenvalue weighted by Gasteiger charge is 2.13. The van der Waals surface area contributed by atoms with Gasteiger partial charge >= 0.3 is 0 Å². The van der Waals surface area contributed by atoms with Crippen molar-refractivity contribution >= 4 is 11.6 Å². The van der Waals surface area contributed by atoms with Gasteiger partial charge in [0.15, 0.2) is 0 Å². The number of nitrogens with zero attached hydrogens (tertiary/aromatic N) is 2. The van der Waals surface area contributed by atoms with Gasteiger partial charge in [-0.15, -0.1) is 11.6 Å². The van der Waals surface area contributed by atoms with Gasteiger partial charge < -0.3 is 0 Å². The molecule has 0 spiro atoms. The number of aryl methyl sites for hydroxylation is 1. The number of rotatable bonds is 6. The van der Waals surface area contributed by atoms with Crippen LogP contribution in [0.3, 0.4) is 0 Å². The molecule has 1 heterocycles. The van der Waals surface area contributed by atoms with Crippen molar-refractivity contribution in [2.75, 3.05) is 5.88 Å². The Labute approximate surface area is 126 Å². The first-order valence-electron chi connectivity index (χ1n) is 7.30. The summed E-state index contributed by atoms with van der Waals surface area (Å²) in [6.07, 6.45) is 4.07. The Hall–Kier alpha value is -1.28. The number of halogens is 1. The number of aromatic nitrogens is 2. The topological polar surface area (TPSA) is 17.8 Å². The van der Waals surface area contributed by atoms with Crippen molar-refractivity contribution in [1.29, 1.82) is 0 Å². The molecule has 108 valence electrons. The smallest absolute Gasteiger partial charge is 0.0631 e. The third kappa shape index (κ3) is 3.63. The second kappa shape index (κ2) is 6.94. The lowest BCUT2D eigenvalue weighted by Crippen LogP contribution is -2.08. The van der Waals surface area contributed by atoms with E-state index in [9.17, 15) is 0 Å². The van der Waals surface area contributed by atoms with Gasteiger partial charge in [0.2, 0.25) is 0 Å². The molecular weight excluding hydrogens is 268 g/mol. The lowest BCUT2D eigenvalue weighted by Gasteiger charge is -2.13. The first-order chi connectivity index (χ1) is 9.63. The van der Waals surface area contributed by atoms with Gasteiger partial charge in [0.1, 0.15) is 0 Å². The molecule has 20 heavy (non-hydrogen) atoms. The molecule has 1 aromatic heterocycles. The molecule has 0 fully saturated rings. The van der Waals surface area contributed by atoms with Gasteiger partial charge in [-0.05, 0) is 38.3 Å². The van der Waals surface area contributed by atoms with E-state index in [0.29, 0.717) is 17.8 Å². The molecule has 0 aliphatic heterocycles. The minimum absolute atomic E-state index is 0.331. The predicted octanol–water partition coefficient (Wildman–Crippen LogP) is 4.73. The standard InChI is InChI=1S/C17H23ClN2/c1-4-14(3)20-10-9-17(19-20)11-16(12-18)15-7-5-13(2)6-8-15/h5-10,14,16H,4,11-12H2,1-3H3. The Balaban J connectivity index is 2.10. The largest absolute Gasteiger partial charge is 0.270 e. The minimum atomic E-state index is 0.331. The van der Waals surface area contributed by atoms with Crippen molar-refractivity contribution in [2.24, 2.45) is 0 Å². The highest BCUT2D eigenvalue weighted by Crippen LogP contribution is 2.22. The number of hydrogen-bond acceptors (Lipinski definition) is 1. The first-order valence-corrected chi connectivity index (χ1v) is 7.84. The van der Waals surface area contributed by atoms with Crippen LogP contribution in [0.5, 0.6) is 0 Å². The van der Waals surface area contributed by atoms with Crippen molar-refractivity contribution in [3.8, 4) is 0 Å². The van der Waals surface area contributed by atoms with Crippen molar-refractivity contribution in [2.45, 2.75) is 45.6 Å². The van der Waals surface area contributed by atoms with Crippen LogP contribution in [-0.2, 0) is 6.42 Å². The molecule has 1 aromatic carbocycles. The Morgan fingerprint density at radius 3 is 2.50 bits per heavy atom. The van der Waals surface area contributed by atoms with Gasteiger partial charge in [-0.1, -0.05) is 36.8 Å². The summed E-state index contributed by atoms with van der Waals surface area (Å²) in [6.45, 7) is 6.48. The molecule has 2 rings (SSSR count). The van der Waals surface area contributed by atoms with Crippen LogP contribution in [0.2, 0.25) is 0 Å². The van der Waals surface area contributed by atoms with Crippen molar-refractivity contribution in [1.82, 2.24) is 9.78 Å². The highest BCUT2D eigenvalue weighted by molar-refractivity contribution is 6.18. The summed E-state index contributed by atoms with van der Waals surface area (Å²) in [7, 11) is 0. The molecule has 0 bridgehead atoms. The second-order valence-electron chi connectivity index (χ2n) is 5.51. The normalized spacial score (nSPS) is 14.2. The van der Waals surface area contributed by atoms with Gasteiger partial charge in [0, 0.05) is 24.0 Å². The van der Waals surface area contributed by atoms with Gasteiger partial charge in [0.05, 0.1) is 5.69 Å². The van der Waals surface area contributed by atoms with Crippen LogP contribution in [0.4, 0.5) is 0 Å². The Morgan fingerprint density at radius 1 is 1.20 bits per heavy atom. The molecule has 2 unspecified atom stereocenters. The Morgan fingerprint density at radius 2 is 1.90 bits per heavy atom. The fraction of sp³-hybridized carbons (Fsp3) is 0.471. The van der Waals surface area contributed by atoms with Gasteiger partial charge in [0.25, 0.3) is 0 Å². The molecule has 0 aliphatic rings. The summed E-state index contributed by atoms with van der Waals surface area (Å²) in [5, 5.41) is 4.67. The van der Waals surface area contributed by atoms with Gasteiger partial charge in [-0.3, -0.25) is 4.68 Å².